The lowest BCUT2D eigenvalue weighted by Gasteiger charge is -2.08. The number of hydrogen-bond donors (Lipinski definition) is 1. The van der Waals surface area contributed by atoms with E-state index in [0.29, 0.717) is 30.3 Å². The summed E-state index contributed by atoms with van der Waals surface area (Å²) < 4.78 is 5.73. The Morgan fingerprint density at radius 1 is 0.769 bits per heavy atom. The summed E-state index contributed by atoms with van der Waals surface area (Å²) in [5.41, 5.74) is 3.77. The lowest BCUT2D eigenvalue weighted by atomic mass is 10.1. The monoisotopic (exact) mass is 365 g/mol. The molecule has 1 N–H and O–H groups in total. The Kier molecular flexibility index (Phi) is 6.42. The summed E-state index contributed by atoms with van der Waals surface area (Å²) in [6.07, 6.45) is 0. The summed E-state index contributed by atoms with van der Waals surface area (Å²) in [5.74, 6) is -0.175. The minimum absolute atomic E-state index is 0.175. The van der Waals surface area contributed by atoms with E-state index >= 15 is 0 Å². The molecule has 0 heterocycles. The fourth-order valence-electron chi connectivity index (χ4n) is 2.54. The molecule has 3 aromatic rings. The normalized spacial score (nSPS) is 10.5. The van der Waals surface area contributed by atoms with Crippen LogP contribution in [0.5, 0.6) is 0 Å². The van der Waals surface area contributed by atoms with Crippen molar-refractivity contribution >= 4 is 17.5 Å². The quantitative estimate of drug-likeness (QED) is 0.640. The number of carbonyl (C=O) groups is 1. The van der Waals surface area contributed by atoms with Crippen LogP contribution in [0.2, 0.25) is 5.02 Å². The zero-order valence-electron chi connectivity index (χ0n) is 14.3. The minimum atomic E-state index is -0.175. The highest BCUT2D eigenvalue weighted by molar-refractivity contribution is 6.33. The summed E-state index contributed by atoms with van der Waals surface area (Å²) in [5, 5.41) is 3.34. The number of halogens is 1. The number of amides is 1. The van der Waals surface area contributed by atoms with Gasteiger partial charge in [0.15, 0.2) is 0 Å². The lowest BCUT2D eigenvalue weighted by Crippen LogP contribution is -2.23. The molecule has 0 aliphatic heterocycles. The highest BCUT2D eigenvalue weighted by Crippen LogP contribution is 2.15. The first-order chi connectivity index (χ1) is 12.7. The molecule has 3 aromatic carbocycles. The molecule has 0 bridgehead atoms. The van der Waals surface area contributed by atoms with E-state index in [4.69, 9.17) is 16.3 Å². The van der Waals surface area contributed by atoms with Crippen LogP contribution in [0.4, 0.5) is 0 Å². The average Bonchev–Trinajstić information content (AvgIpc) is 2.68. The molecule has 0 aromatic heterocycles. The van der Waals surface area contributed by atoms with E-state index in [1.165, 1.54) is 0 Å². The topological polar surface area (TPSA) is 38.3 Å². The van der Waals surface area contributed by atoms with Gasteiger partial charge in [0.2, 0.25) is 0 Å². The maximum Gasteiger partial charge on any atom is 0.253 e. The van der Waals surface area contributed by atoms with Crippen LogP contribution in [0.3, 0.4) is 0 Å². The maximum atomic E-state index is 12.2. The van der Waals surface area contributed by atoms with Gasteiger partial charge in [-0.1, -0.05) is 78.3 Å². The van der Waals surface area contributed by atoms with Crippen LogP contribution in [0.1, 0.15) is 27.0 Å². The highest BCUT2D eigenvalue weighted by Gasteiger charge is 2.08. The molecule has 0 aliphatic rings. The number of ether oxygens (including phenoxy) is 1. The summed E-state index contributed by atoms with van der Waals surface area (Å²) in [6, 6.07) is 25.1. The SMILES string of the molecule is O=C(NCc1ccc(COCc2ccccc2)cc1)c1ccccc1Cl. The van der Waals surface area contributed by atoms with Gasteiger partial charge in [0.05, 0.1) is 23.8 Å². The van der Waals surface area contributed by atoms with Gasteiger partial charge >= 0.3 is 0 Å². The summed E-state index contributed by atoms with van der Waals surface area (Å²) in [6.45, 7) is 1.60. The van der Waals surface area contributed by atoms with Gasteiger partial charge in [-0.3, -0.25) is 4.79 Å². The Morgan fingerprint density at radius 2 is 1.35 bits per heavy atom. The van der Waals surface area contributed by atoms with E-state index in [0.717, 1.165) is 16.7 Å². The van der Waals surface area contributed by atoms with Crippen LogP contribution in [0, 0.1) is 0 Å². The number of carbonyl (C=O) groups excluding carboxylic acids is 1. The van der Waals surface area contributed by atoms with Crippen LogP contribution in [-0.2, 0) is 24.5 Å². The summed E-state index contributed by atoms with van der Waals surface area (Å²) in [7, 11) is 0. The maximum absolute atomic E-state index is 12.2. The molecular weight excluding hydrogens is 346 g/mol. The summed E-state index contributed by atoms with van der Waals surface area (Å²) in [4.78, 5) is 12.2. The molecule has 1 amide bonds. The lowest BCUT2D eigenvalue weighted by molar-refractivity contribution is 0.0951. The highest BCUT2D eigenvalue weighted by atomic mass is 35.5. The van der Waals surface area contributed by atoms with Gasteiger partial charge in [0.1, 0.15) is 0 Å². The van der Waals surface area contributed by atoms with Crippen LogP contribution in [0.25, 0.3) is 0 Å². The molecule has 4 heteroatoms. The molecule has 0 fully saturated rings. The minimum Gasteiger partial charge on any atom is -0.372 e. The van der Waals surface area contributed by atoms with Crippen molar-refractivity contribution in [3.63, 3.8) is 0 Å². The smallest absolute Gasteiger partial charge is 0.253 e. The van der Waals surface area contributed by atoms with Crippen LogP contribution < -0.4 is 5.32 Å². The number of benzene rings is 3. The van der Waals surface area contributed by atoms with E-state index in [2.05, 4.69) is 5.32 Å². The van der Waals surface area contributed by atoms with E-state index in [1.54, 1.807) is 24.3 Å². The first-order valence-electron chi connectivity index (χ1n) is 8.44. The average molecular weight is 366 g/mol. The molecule has 3 rings (SSSR count). The third kappa shape index (κ3) is 5.19. The number of nitrogens with one attached hydrogen (secondary N) is 1. The molecule has 0 saturated heterocycles. The van der Waals surface area contributed by atoms with Crippen molar-refractivity contribution in [2.45, 2.75) is 19.8 Å². The second kappa shape index (κ2) is 9.18. The molecule has 3 nitrogen and oxygen atoms in total. The van der Waals surface area contributed by atoms with E-state index in [-0.39, 0.29) is 5.91 Å². The number of hydrogen-bond acceptors (Lipinski definition) is 2. The molecule has 0 aliphatic carbocycles. The molecule has 0 spiro atoms. The van der Waals surface area contributed by atoms with E-state index in [9.17, 15) is 4.79 Å². The Labute approximate surface area is 158 Å². The first kappa shape index (κ1) is 18.2. The van der Waals surface area contributed by atoms with Crippen molar-refractivity contribution in [2.75, 3.05) is 0 Å². The first-order valence-corrected chi connectivity index (χ1v) is 8.82. The van der Waals surface area contributed by atoms with Gasteiger partial charge in [0.25, 0.3) is 5.91 Å². The van der Waals surface area contributed by atoms with Gasteiger partial charge in [-0.15, -0.1) is 0 Å². The predicted octanol–water partition coefficient (Wildman–Crippen LogP) is 4.99. The van der Waals surface area contributed by atoms with Crippen molar-refractivity contribution in [3.8, 4) is 0 Å². The predicted molar refractivity (Wildman–Crippen MR) is 104 cm³/mol. The Morgan fingerprint density at radius 3 is 2.04 bits per heavy atom. The Bertz CT molecular complexity index is 848. The molecule has 26 heavy (non-hydrogen) atoms. The van der Waals surface area contributed by atoms with Gasteiger partial charge in [-0.2, -0.15) is 0 Å². The Hall–Kier alpha value is -2.62. The van der Waals surface area contributed by atoms with Gasteiger partial charge in [-0.05, 0) is 28.8 Å². The second-order valence-electron chi connectivity index (χ2n) is 5.96. The number of rotatable bonds is 7. The molecule has 0 atom stereocenters. The Balaban J connectivity index is 1.47. The van der Waals surface area contributed by atoms with Crippen molar-refractivity contribution in [2.24, 2.45) is 0 Å². The molecule has 0 saturated carbocycles. The van der Waals surface area contributed by atoms with Crippen LogP contribution in [0.15, 0.2) is 78.9 Å². The largest absolute Gasteiger partial charge is 0.372 e. The van der Waals surface area contributed by atoms with E-state index in [1.807, 2.05) is 54.6 Å². The van der Waals surface area contributed by atoms with Crippen molar-refractivity contribution in [1.82, 2.24) is 5.32 Å². The summed E-state index contributed by atoms with van der Waals surface area (Å²) >= 11 is 6.04. The third-order valence-electron chi connectivity index (χ3n) is 3.97. The molecule has 0 radical (unpaired) electrons. The zero-order chi connectivity index (χ0) is 18.2. The fourth-order valence-corrected chi connectivity index (χ4v) is 2.76. The van der Waals surface area contributed by atoms with Crippen LogP contribution >= 0.6 is 11.6 Å². The van der Waals surface area contributed by atoms with Gasteiger partial charge in [-0.25, -0.2) is 0 Å². The second-order valence-corrected chi connectivity index (χ2v) is 6.36. The van der Waals surface area contributed by atoms with Gasteiger partial charge in [0, 0.05) is 6.54 Å². The molecule has 132 valence electrons. The molecular formula is C22H20ClNO2. The third-order valence-corrected chi connectivity index (χ3v) is 4.30. The van der Waals surface area contributed by atoms with Gasteiger partial charge < -0.3 is 10.1 Å². The van der Waals surface area contributed by atoms with Crippen molar-refractivity contribution in [3.05, 3.63) is 106 Å². The fraction of sp³-hybridized carbons (Fsp3) is 0.136. The standard InChI is InChI=1S/C22H20ClNO2/c23-21-9-5-4-8-20(21)22(25)24-14-17-10-12-19(13-11-17)16-26-15-18-6-2-1-3-7-18/h1-13H,14-16H2,(H,24,25). The van der Waals surface area contributed by atoms with Crippen LogP contribution in [-0.4, -0.2) is 5.91 Å². The van der Waals surface area contributed by atoms with Crippen molar-refractivity contribution in [1.29, 1.82) is 0 Å². The zero-order valence-corrected chi connectivity index (χ0v) is 15.1. The van der Waals surface area contributed by atoms with E-state index < -0.39 is 0 Å². The van der Waals surface area contributed by atoms with Crippen molar-refractivity contribution < 1.29 is 9.53 Å². The molecule has 0 unspecified atom stereocenters.